The Kier molecular flexibility index (Phi) is 5.54. The van der Waals surface area contributed by atoms with Gasteiger partial charge in [0.15, 0.2) is 12.4 Å². The molecule has 160 valence electrons. The summed E-state index contributed by atoms with van der Waals surface area (Å²) in [5, 5.41) is 18.2. The van der Waals surface area contributed by atoms with E-state index in [-0.39, 0.29) is 31.4 Å². The number of aliphatic hydroxyl groups excluding tert-OH is 1. The minimum absolute atomic E-state index is 0.0274. The summed E-state index contributed by atoms with van der Waals surface area (Å²) in [6.45, 7) is 2.04. The molecule has 1 aliphatic heterocycles. The highest BCUT2D eigenvalue weighted by Gasteiger charge is 2.17. The molecule has 2 aromatic carbocycles. The highest BCUT2D eigenvalue weighted by molar-refractivity contribution is 5.96. The molecule has 0 fully saturated rings. The van der Waals surface area contributed by atoms with E-state index in [1.54, 1.807) is 43.3 Å². The van der Waals surface area contributed by atoms with Crippen LogP contribution in [-0.2, 0) is 11.3 Å². The van der Waals surface area contributed by atoms with Gasteiger partial charge in [-0.25, -0.2) is 4.98 Å². The minimum Gasteiger partial charge on any atom is -0.482 e. The first-order valence-electron chi connectivity index (χ1n) is 9.69. The molecule has 0 saturated heterocycles. The number of ether oxygens (including phenoxy) is 1. The van der Waals surface area contributed by atoms with Gasteiger partial charge in [-0.15, -0.1) is 0 Å². The lowest BCUT2D eigenvalue weighted by molar-refractivity contribution is -0.118. The number of anilines is 2. The van der Waals surface area contributed by atoms with Crippen molar-refractivity contribution in [1.82, 2.24) is 15.3 Å². The van der Waals surface area contributed by atoms with Crippen molar-refractivity contribution in [3.8, 4) is 5.75 Å². The molecule has 5 N–H and O–H groups in total. The molecule has 1 aliphatic rings. The quantitative estimate of drug-likeness (QED) is 0.397. The summed E-state index contributed by atoms with van der Waals surface area (Å²) in [4.78, 5) is 43.4. The molecule has 1 aromatic heterocycles. The fraction of sp³-hybridized carbons (Fsp3) is 0.238. The highest BCUT2D eigenvalue weighted by Crippen LogP contribution is 2.28. The van der Waals surface area contributed by atoms with Gasteiger partial charge in [-0.3, -0.25) is 14.4 Å². The third-order valence-corrected chi connectivity index (χ3v) is 4.67. The van der Waals surface area contributed by atoms with E-state index in [2.05, 4.69) is 25.9 Å². The summed E-state index contributed by atoms with van der Waals surface area (Å²) >= 11 is 0. The van der Waals surface area contributed by atoms with Crippen LogP contribution in [0.3, 0.4) is 0 Å². The van der Waals surface area contributed by atoms with E-state index in [1.807, 2.05) is 0 Å². The SMILES string of the molecule is C[C@@H](O)CNc1cccc2nc(C(=O)NCc3ccc4c(c3)NC(=O)CO4)[nH]c(=O)c12. The topological polar surface area (TPSA) is 145 Å². The molecular formula is C21H21N5O5. The molecule has 0 radical (unpaired) electrons. The third kappa shape index (κ3) is 4.48. The van der Waals surface area contributed by atoms with Crippen molar-refractivity contribution in [2.45, 2.75) is 19.6 Å². The van der Waals surface area contributed by atoms with E-state index in [0.29, 0.717) is 28.0 Å². The van der Waals surface area contributed by atoms with E-state index in [1.165, 1.54) is 0 Å². The van der Waals surface area contributed by atoms with Crippen LogP contribution in [0.2, 0.25) is 0 Å². The maximum absolute atomic E-state index is 12.6. The minimum atomic E-state index is -0.587. The largest absolute Gasteiger partial charge is 0.482 e. The Morgan fingerprint density at radius 1 is 1.29 bits per heavy atom. The molecule has 1 atom stereocenters. The van der Waals surface area contributed by atoms with Crippen molar-refractivity contribution in [1.29, 1.82) is 0 Å². The molecule has 2 amide bonds. The summed E-state index contributed by atoms with van der Waals surface area (Å²) in [5.74, 6) is -0.330. The number of benzene rings is 2. The fourth-order valence-electron chi connectivity index (χ4n) is 3.21. The van der Waals surface area contributed by atoms with Gasteiger partial charge in [0, 0.05) is 18.8 Å². The van der Waals surface area contributed by atoms with E-state index in [0.717, 1.165) is 5.56 Å². The van der Waals surface area contributed by atoms with Crippen LogP contribution in [0, 0.1) is 0 Å². The Hall–Kier alpha value is -3.92. The molecule has 0 aliphatic carbocycles. The molecule has 4 rings (SSSR count). The van der Waals surface area contributed by atoms with Gasteiger partial charge in [0.2, 0.25) is 0 Å². The zero-order valence-electron chi connectivity index (χ0n) is 16.7. The average molecular weight is 423 g/mol. The number of amides is 2. The predicted octanol–water partition coefficient (Wildman–Crippen LogP) is 0.977. The van der Waals surface area contributed by atoms with Gasteiger partial charge >= 0.3 is 0 Å². The summed E-state index contributed by atoms with van der Waals surface area (Å²) in [7, 11) is 0. The number of rotatable bonds is 6. The lowest BCUT2D eigenvalue weighted by Gasteiger charge is -2.18. The Balaban J connectivity index is 1.51. The number of aromatic amines is 1. The van der Waals surface area contributed by atoms with Crippen LogP contribution in [0.25, 0.3) is 10.9 Å². The number of carbonyl (C=O) groups is 2. The standard InChI is InChI=1S/C21H21N5O5/c1-11(27)8-22-13-3-2-4-14-18(13)20(29)26-19(25-14)21(30)23-9-12-5-6-16-15(7-12)24-17(28)10-31-16/h2-7,11,22,27H,8-10H2,1H3,(H,23,30)(H,24,28)(H,25,26,29)/t11-/m1/s1. The van der Waals surface area contributed by atoms with Crippen LogP contribution >= 0.6 is 0 Å². The third-order valence-electron chi connectivity index (χ3n) is 4.67. The van der Waals surface area contributed by atoms with Crippen LogP contribution in [-0.4, -0.2) is 46.1 Å². The average Bonchev–Trinajstić information content (AvgIpc) is 2.75. The number of fused-ring (bicyclic) bond motifs is 2. The number of nitrogens with zero attached hydrogens (tertiary/aromatic N) is 1. The first-order chi connectivity index (χ1) is 14.9. The number of aromatic nitrogens is 2. The van der Waals surface area contributed by atoms with Crippen LogP contribution in [0.1, 0.15) is 23.1 Å². The number of H-pyrrole nitrogens is 1. The van der Waals surface area contributed by atoms with Gasteiger partial charge in [-0.1, -0.05) is 12.1 Å². The first-order valence-corrected chi connectivity index (χ1v) is 9.69. The summed E-state index contributed by atoms with van der Waals surface area (Å²) in [6, 6.07) is 10.3. The predicted molar refractivity (Wildman–Crippen MR) is 114 cm³/mol. The number of hydrogen-bond donors (Lipinski definition) is 5. The monoisotopic (exact) mass is 423 g/mol. The molecule has 2 heterocycles. The Morgan fingerprint density at radius 2 is 2.13 bits per heavy atom. The Morgan fingerprint density at radius 3 is 2.94 bits per heavy atom. The van der Waals surface area contributed by atoms with E-state index in [9.17, 15) is 19.5 Å². The second kappa shape index (κ2) is 8.44. The number of aliphatic hydroxyl groups is 1. The lowest BCUT2D eigenvalue weighted by Crippen LogP contribution is -2.28. The Labute approximate surface area is 176 Å². The number of carbonyl (C=O) groups excluding carboxylic acids is 2. The summed E-state index contributed by atoms with van der Waals surface area (Å²) < 4.78 is 5.31. The molecule has 10 heteroatoms. The molecule has 3 aromatic rings. The molecule has 31 heavy (non-hydrogen) atoms. The van der Waals surface area contributed by atoms with Crippen molar-refractivity contribution < 1.29 is 19.4 Å². The van der Waals surface area contributed by atoms with Crippen molar-refractivity contribution >= 4 is 34.1 Å². The highest BCUT2D eigenvalue weighted by atomic mass is 16.5. The van der Waals surface area contributed by atoms with Gasteiger partial charge in [0.25, 0.3) is 17.4 Å². The van der Waals surface area contributed by atoms with Gasteiger partial charge < -0.3 is 30.8 Å². The summed E-state index contributed by atoms with van der Waals surface area (Å²) in [5.41, 5.74) is 1.70. The van der Waals surface area contributed by atoms with Crippen molar-refractivity contribution in [3.05, 3.63) is 58.1 Å². The second-order valence-corrected chi connectivity index (χ2v) is 7.19. The van der Waals surface area contributed by atoms with E-state index < -0.39 is 17.6 Å². The normalized spacial score (nSPS) is 13.7. The van der Waals surface area contributed by atoms with Gasteiger partial charge in [-0.2, -0.15) is 0 Å². The Bertz CT molecular complexity index is 1220. The molecule has 0 unspecified atom stereocenters. The maximum Gasteiger partial charge on any atom is 0.287 e. The zero-order valence-corrected chi connectivity index (χ0v) is 16.7. The van der Waals surface area contributed by atoms with Gasteiger partial charge in [0.1, 0.15) is 5.75 Å². The summed E-state index contributed by atoms with van der Waals surface area (Å²) in [6.07, 6.45) is -0.587. The maximum atomic E-state index is 12.6. The van der Waals surface area contributed by atoms with Crippen LogP contribution in [0.15, 0.2) is 41.2 Å². The van der Waals surface area contributed by atoms with Crippen molar-refractivity contribution in [2.75, 3.05) is 23.8 Å². The molecule has 0 saturated carbocycles. The number of nitrogens with one attached hydrogen (secondary N) is 4. The lowest BCUT2D eigenvalue weighted by atomic mass is 10.1. The number of hydrogen-bond acceptors (Lipinski definition) is 7. The van der Waals surface area contributed by atoms with Crippen molar-refractivity contribution in [3.63, 3.8) is 0 Å². The smallest absolute Gasteiger partial charge is 0.287 e. The molecular weight excluding hydrogens is 402 g/mol. The molecule has 0 spiro atoms. The van der Waals surface area contributed by atoms with E-state index >= 15 is 0 Å². The van der Waals surface area contributed by atoms with Gasteiger partial charge in [0.05, 0.1) is 22.7 Å². The molecule has 0 bridgehead atoms. The van der Waals surface area contributed by atoms with Crippen molar-refractivity contribution in [2.24, 2.45) is 0 Å². The molecule has 10 nitrogen and oxygen atoms in total. The fourth-order valence-corrected chi connectivity index (χ4v) is 3.21. The zero-order chi connectivity index (χ0) is 22.0. The van der Waals surface area contributed by atoms with Gasteiger partial charge in [-0.05, 0) is 36.8 Å². The van der Waals surface area contributed by atoms with E-state index in [4.69, 9.17) is 4.74 Å². The first kappa shape index (κ1) is 20.4. The van der Waals surface area contributed by atoms with Crippen LogP contribution in [0.4, 0.5) is 11.4 Å². The second-order valence-electron chi connectivity index (χ2n) is 7.19. The van der Waals surface area contributed by atoms with Crippen LogP contribution in [0.5, 0.6) is 5.75 Å². The van der Waals surface area contributed by atoms with Crippen LogP contribution < -0.4 is 26.2 Å².